The second-order valence-electron chi connectivity index (χ2n) is 4.98. The normalized spacial score (nSPS) is 10.1. The molecule has 2 rings (SSSR count). The van der Waals surface area contributed by atoms with Crippen molar-refractivity contribution in [2.75, 3.05) is 5.32 Å². The lowest BCUT2D eigenvalue weighted by molar-refractivity contribution is -0.384. The van der Waals surface area contributed by atoms with Crippen molar-refractivity contribution in [3.05, 3.63) is 68.7 Å². The summed E-state index contributed by atoms with van der Waals surface area (Å²) in [6.45, 7) is 1.76. The highest BCUT2D eigenvalue weighted by Gasteiger charge is 2.16. The van der Waals surface area contributed by atoms with Crippen LogP contribution in [-0.4, -0.2) is 16.7 Å². The molecule has 0 saturated heterocycles. The van der Waals surface area contributed by atoms with Crippen molar-refractivity contribution in [3.63, 3.8) is 0 Å². The molecule has 2 N–H and O–H groups in total. The number of nitrogens with one attached hydrogen (secondary N) is 2. The van der Waals surface area contributed by atoms with E-state index in [-0.39, 0.29) is 17.9 Å². The van der Waals surface area contributed by atoms with Gasteiger partial charge in [-0.25, -0.2) is 0 Å². The summed E-state index contributed by atoms with van der Waals surface area (Å²) < 4.78 is 0. The van der Waals surface area contributed by atoms with Crippen LogP contribution in [0.1, 0.15) is 11.1 Å². The Morgan fingerprint density at radius 3 is 2.54 bits per heavy atom. The number of anilines is 1. The minimum absolute atomic E-state index is 0.0971. The van der Waals surface area contributed by atoms with Crippen LogP contribution in [0.5, 0.6) is 0 Å². The zero-order valence-corrected chi connectivity index (χ0v) is 13.5. The number of carbonyl (C=O) groups is 2. The zero-order chi connectivity index (χ0) is 17.7. The van der Waals surface area contributed by atoms with E-state index in [1.54, 1.807) is 31.2 Å². The monoisotopic (exact) mass is 347 g/mol. The van der Waals surface area contributed by atoms with Crippen molar-refractivity contribution >= 4 is 34.8 Å². The van der Waals surface area contributed by atoms with Crippen LogP contribution in [0, 0.1) is 17.0 Å². The summed E-state index contributed by atoms with van der Waals surface area (Å²) in [5.41, 5.74) is 1.31. The molecule has 24 heavy (non-hydrogen) atoms. The quantitative estimate of drug-likeness (QED) is 0.504. The molecule has 0 fully saturated rings. The lowest BCUT2D eigenvalue weighted by atomic mass is 10.2. The Balaban J connectivity index is 2.02. The summed E-state index contributed by atoms with van der Waals surface area (Å²) in [7, 11) is 0. The lowest BCUT2D eigenvalue weighted by Crippen LogP contribution is -2.35. The number of hydrogen-bond acceptors (Lipinski definition) is 4. The minimum atomic E-state index is -0.911. The van der Waals surface area contributed by atoms with E-state index in [0.717, 1.165) is 0 Å². The number of nitro benzene ring substituents is 1. The molecule has 0 aliphatic heterocycles. The SMILES string of the molecule is Cc1ccc([N+](=O)[O-])cc1NC(=O)C(=O)NCc1ccccc1Cl. The Kier molecular flexibility index (Phi) is 5.49. The molecule has 0 aromatic heterocycles. The van der Waals surface area contributed by atoms with Crippen LogP contribution in [0.3, 0.4) is 0 Å². The highest BCUT2D eigenvalue weighted by Crippen LogP contribution is 2.21. The summed E-state index contributed by atoms with van der Waals surface area (Å²) >= 11 is 5.97. The molecule has 0 spiro atoms. The van der Waals surface area contributed by atoms with Gasteiger partial charge in [0.05, 0.1) is 10.6 Å². The summed E-state index contributed by atoms with van der Waals surface area (Å²) in [6.07, 6.45) is 0. The average molecular weight is 348 g/mol. The number of nitro groups is 1. The number of non-ortho nitro benzene ring substituents is 1. The highest BCUT2D eigenvalue weighted by atomic mass is 35.5. The lowest BCUT2D eigenvalue weighted by Gasteiger charge is -2.09. The number of benzene rings is 2. The van der Waals surface area contributed by atoms with E-state index < -0.39 is 16.7 Å². The fourth-order valence-corrected chi connectivity index (χ4v) is 2.14. The van der Waals surface area contributed by atoms with Gasteiger partial charge in [0, 0.05) is 23.7 Å². The van der Waals surface area contributed by atoms with Gasteiger partial charge in [0.1, 0.15) is 0 Å². The minimum Gasteiger partial charge on any atom is -0.344 e. The number of nitrogens with zero attached hydrogens (tertiary/aromatic N) is 1. The van der Waals surface area contributed by atoms with Gasteiger partial charge in [0.2, 0.25) is 0 Å². The van der Waals surface area contributed by atoms with E-state index in [1.165, 1.54) is 18.2 Å². The number of aryl methyl sites for hydroxylation is 1. The number of rotatable bonds is 4. The largest absolute Gasteiger partial charge is 0.344 e. The van der Waals surface area contributed by atoms with Gasteiger partial charge in [-0.15, -0.1) is 0 Å². The summed E-state index contributed by atoms with van der Waals surface area (Å²) in [6, 6.07) is 10.9. The second kappa shape index (κ2) is 7.56. The first-order valence-corrected chi connectivity index (χ1v) is 7.34. The smallest absolute Gasteiger partial charge is 0.313 e. The molecule has 0 saturated carbocycles. The van der Waals surface area contributed by atoms with Crippen LogP contribution >= 0.6 is 11.6 Å². The average Bonchev–Trinajstić information content (AvgIpc) is 2.55. The Morgan fingerprint density at radius 1 is 1.17 bits per heavy atom. The zero-order valence-electron chi connectivity index (χ0n) is 12.7. The van der Waals surface area contributed by atoms with E-state index >= 15 is 0 Å². The molecule has 7 nitrogen and oxygen atoms in total. The molecule has 2 aromatic carbocycles. The number of halogens is 1. The van der Waals surface area contributed by atoms with E-state index in [1.807, 2.05) is 0 Å². The maximum absolute atomic E-state index is 11.9. The van der Waals surface area contributed by atoms with E-state index in [4.69, 9.17) is 11.6 Å². The van der Waals surface area contributed by atoms with E-state index in [2.05, 4.69) is 10.6 Å². The van der Waals surface area contributed by atoms with Gasteiger partial charge in [-0.3, -0.25) is 19.7 Å². The third kappa shape index (κ3) is 4.30. The number of carbonyl (C=O) groups excluding carboxylic acids is 2. The number of hydrogen-bond donors (Lipinski definition) is 2. The molecular formula is C16H14ClN3O4. The number of amides is 2. The third-order valence-electron chi connectivity index (χ3n) is 3.28. The van der Waals surface area contributed by atoms with Crippen molar-refractivity contribution in [1.82, 2.24) is 5.32 Å². The Morgan fingerprint density at radius 2 is 1.88 bits per heavy atom. The molecule has 124 valence electrons. The van der Waals surface area contributed by atoms with Crippen LogP contribution in [0.15, 0.2) is 42.5 Å². The van der Waals surface area contributed by atoms with Crippen LogP contribution in [0.25, 0.3) is 0 Å². The van der Waals surface area contributed by atoms with Crippen molar-refractivity contribution in [1.29, 1.82) is 0 Å². The first-order chi connectivity index (χ1) is 11.4. The predicted molar refractivity (Wildman–Crippen MR) is 89.8 cm³/mol. The van der Waals surface area contributed by atoms with Gasteiger partial charge in [-0.05, 0) is 24.1 Å². The van der Waals surface area contributed by atoms with Gasteiger partial charge in [0.25, 0.3) is 5.69 Å². The van der Waals surface area contributed by atoms with Crippen molar-refractivity contribution in [2.45, 2.75) is 13.5 Å². The Labute approximate surface area is 142 Å². The molecule has 0 aliphatic carbocycles. The molecule has 0 atom stereocenters. The summed E-state index contributed by atoms with van der Waals surface area (Å²) in [5.74, 6) is -1.77. The topological polar surface area (TPSA) is 101 Å². The molecular weight excluding hydrogens is 334 g/mol. The maximum atomic E-state index is 11.9. The van der Waals surface area contributed by atoms with Gasteiger partial charge >= 0.3 is 11.8 Å². The molecule has 0 aliphatic rings. The maximum Gasteiger partial charge on any atom is 0.313 e. The van der Waals surface area contributed by atoms with Crippen molar-refractivity contribution in [2.24, 2.45) is 0 Å². The molecule has 0 radical (unpaired) electrons. The molecule has 2 aromatic rings. The van der Waals surface area contributed by atoms with Gasteiger partial charge in [-0.2, -0.15) is 0 Å². The standard InChI is InChI=1S/C16H14ClN3O4/c1-10-6-7-12(20(23)24)8-14(10)19-16(22)15(21)18-9-11-4-2-3-5-13(11)17/h2-8H,9H2,1H3,(H,18,21)(H,19,22). The van der Waals surface area contributed by atoms with E-state index in [0.29, 0.717) is 16.1 Å². The fourth-order valence-electron chi connectivity index (χ4n) is 1.93. The first-order valence-electron chi connectivity index (χ1n) is 6.96. The second-order valence-corrected chi connectivity index (χ2v) is 5.39. The summed E-state index contributed by atoms with van der Waals surface area (Å²) in [5, 5.41) is 16.1. The Bertz CT molecular complexity index is 808. The Hall–Kier alpha value is -2.93. The van der Waals surface area contributed by atoms with Crippen molar-refractivity contribution in [3.8, 4) is 0 Å². The van der Waals surface area contributed by atoms with Gasteiger partial charge in [0.15, 0.2) is 0 Å². The van der Waals surface area contributed by atoms with Crippen LogP contribution in [0.4, 0.5) is 11.4 Å². The van der Waals surface area contributed by atoms with Crippen LogP contribution in [-0.2, 0) is 16.1 Å². The van der Waals surface area contributed by atoms with Crippen LogP contribution < -0.4 is 10.6 Å². The third-order valence-corrected chi connectivity index (χ3v) is 3.65. The first kappa shape index (κ1) is 17.4. The molecule has 0 bridgehead atoms. The van der Waals surface area contributed by atoms with E-state index in [9.17, 15) is 19.7 Å². The molecule has 0 unspecified atom stereocenters. The molecule has 0 heterocycles. The van der Waals surface area contributed by atoms with Crippen molar-refractivity contribution < 1.29 is 14.5 Å². The molecule has 2 amide bonds. The van der Waals surface area contributed by atoms with Gasteiger partial charge < -0.3 is 10.6 Å². The fraction of sp³-hybridized carbons (Fsp3) is 0.125. The van der Waals surface area contributed by atoms with Crippen LogP contribution in [0.2, 0.25) is 5.02 Å². The highest BCUT2D eigenvalue weighted by molar-refractivity contribution is 6.39. The predicted octanol–water partition coefficient (Wildman–Crippen LogP) is 2.81. The molecule has 8 heteroatoms. The van der Waals surface area contributed by atoms with Gasteiger partial charge in [-0.1, -0.05) is 35.9 Å². The summed E-state index contributed by atoms with van der Waals surface area (Å²) in [4.78, 5) is 34.0.